The predicted octanol–water partition coefficient (Wildman–Crippen LogP) is 3.79. The van der Waals surface area contributed by atoms with E-state index in [4.69, 9.17) is 16.0 Å². The highest BCUT2D eigenvalue weighted by atomic mass is 35.5. The van der Waals surface area contributed by atoms with Gasteiger partial charge in [-0.1, -0.05) is 25.4 Å². The van der Waals surface area contributed by atoms with Crippen molar-refractivity contribution in [1.29, 1.82) is 0 Å². The Morgan fingerprint density at radius 2 is 2.11 bits per heavy atom. The van der Waals surface area contributed by atoms with E-state index in [1.807, 2.05) is 31.0 Å². The largest absolute Gasteiger partial charge is 0.467 e. The summed E-state index contributed by atoms with van der Waals surface area (Å²) in [5.74, 6) is 2.74. The lowest BCUT2D eigenvalue weighted by Crippen LogP contribution is -2.20. The van der Waals surface area contributed by atoms with Crippen LogP contribution in [0.3, 0.4) is 0 Å². The number of furan rings is 1. The second-order valence-corrected chi connectivity index (χ2v) is 5.27. The van der Waals surface area contributed by atoms with Crippen LogP contribution < -0.4 is 4.90 Å². The van der Waals surface area contributed by atoms with Crippen LogP contribution in [0.25, 0.3) is 0 Å². The van der Waals surface area contributed by atoms with Crippen molar-refractivity contribution in [3.63, 3.8) is 0 Å². The molecular formula is C14H18ClN3O. The smallest absolute Gasteiger partial charge is 0.137 e. The highest BCUT2D eigenvalue weighted by Gasteiger charge is 2.15. The molecule has 0 saturated carbocycles. The van der Waals surface area contributed by atoms with Crippen LogP contribution in [0.5, 0.6) is 0 Å². The molecule has 2 aromatic heterocycles. The average Bonchev–Trinajstić information content (AvgIpc) is 2.84. The Morgan fingerprint density at radius 1 is 1.37 bits per heavy atom. The summed E-state index contributed by atoms with van der Waals surface area (Å²) in [4.78, 5) is 10.9. The van der Waals surface area contributed by atoms with Gasteiger partial charge in [0.2, 0.25) is 0 Å². The summed E-state index contributed by atoms with van der Waals surface area (Å²) in [6, 6.07) is 3.82. The molecule has 0 radical (unpaired) electrons. The van der Waals surface area contributed by atoms with E-state index in [-0.39, 0.29) is 5.92 Å². The molecule has 0 atom stereocenters. The topological polar surface area (TPSA) is 42.2 Å². The maximum Gasteiger partial charge on any atom is 0.137 e. The molecule has 0 aromatic carbocycles. The van der Waals surface area contributed by atoms with Gasteiger partial charge >= 0.3 is 0 Å². The Bertz CT molecular complexity index is 552. The fraction of sp³-hybridized carbons (Fsp3) is 0.429. The van der Waals surface area contributed by atoms with Gasteiger partial charge in [0.15, 0.2) is 0 Å². The third-order valence-electron chi connectivity index (χ3n) is 2.93. The van der Waals surface area contributed by atoms with Crippen molar-refractivity contribution in [2.24, 2.45) is 0 Å². The van der Waals surface area contributed by atoms with Crippen molar-refractivity contribution in [2.45, 2.75) is 33.2 Å². The molecule has 0 aliphatic heterocycles. The zero-order valence-electron chi connectivity index (χ0n) is 11.6. The van der Waals surface area contributed by atoms with Gasteiger partial charge in [0, 0.05) is 18.5 Å². The first-order chi connectivity index (χ1) is 8.99. The second kappa shape index (κ2) is 5.61. The van der Waals surface area contributed by atoms with Crippen LogP contribution in [0, 0.1) is 6.92 Å². The molecule has 5 heteroatoms. The fourth-order valence-corrected chi connectivity index (χ4v) is 2.01. The molecule has 4 nitrogen and oxygen atoms in total. The summed E-state index contributed by atoms with van der Waals surface area (Å²) in [6.07, 6.45) is 1.67. The van der Waals surface area contributed by atoms with Gasteiger partial charge in [0.25, 0.3) is 0 Å². The lowest BCUT2D eigenvalue weighted by Gasteiger charge is -2.20. The third kappa shape index (κ3) is 3.07. The van der Waals surface area contributed by atoms with Gasteiger partial charge in [0.05, 0.1) is 12.8 Å². The molecule has 19 heavy (non-hydrogen) atoms. The Morgan fingerprint density at radius 3 is 2.68 bits per heavy atom. The Labute approximate surface area is 118 Å². The minimum Gasteiger partial charge on any atom is -0.467 e. The minimum atomic E-state index is 0.244. The van der Waals surface area contributed by atoms with Gasteiger partial charge in [-0.25, -0.2) is 9.97 Å². The summed E-state index contributed by atoms with van der Waals surface area (Å²) in [5.41, 5.74) is 0.889. The monoisotopic (exact) mass is 279 g/mol. The van der Waals surface area contributed by atoms with Crippen LogP contribution in [-0.4, -0.2) is 17.0 Å². The average molecular weight is 280 g/mol. The van der Waals surface area contributed by atoms with Crippen molar-refractivity contribution in [3.05, 3.63) is 40.7 Å². The molecule has 0 amide bonds. The van der Waals surface area contributed by atoms with Crippen molar-refractivity contribution in [3.8, 4) is 0 Å². The van der Waals surface area contributed by atoms with Crippen molar-refractivity contribution >= 4 is 17.4 Å². The zero-order chi connectivity index (χ0) is 14.0. The van der Waals surface area contributed by atoms with Gasteiger partial charge in [-0.2, -0.15) is 0 Å². The Hall–Kier alpha value is -1.55. The SMILES string of the molecule is Cc1c(Cl)nc(C(C)C)nc1N(C)Cc1ccco1. The molecule has 2 heterocycles. The highest BCUT2D eigenvalue weighted by Crippen LogP contribution is 2.26. The first-order valence-electron chi connectivity index (χ1n) is 6.26. The first-order valence-corrected chi connectivity index (χ1v) is 6.64. The maximum atomic E-state index is 6.19. The normalized spacial score (nSPS) is 11.1. The van der Waals surface area contributed by atoms with E-state index >= 15 is 0 Å². The van der Waals surface area contributed by atoms with Crippen molar-refractivity contribution in [1.82, 2.24) is 9.97 Å². The van der Waals surface area contributed by atoms with Crippen LogP contribution >= 0.6 is 11.6 Å². The second-order valence-electron chi connectivity index (χ2n) is 4.91. The fourth-order valence-electron chi connectivity index (χ4n) is 1.84. The van der Waals surface area contributed by atoms with Gasteiger partial charge in [-0.15, -0.1) is 0 Å². The zero-order valence-corrected chi connectivity index (χ0v) is 12.4. The molecule has 0 unspecified atom stereocenters. The van der Waals surface area contributed by atoms with Crippen molar-refractivity contribution < 1.29 is 4.42 Å². The van der Waals surface area contributed by atoms with Gasteiger partial charge in [0.1, 0.15) is 22.6 Å². The van der Waals surface area contributed by atoms with E-state index in [1.165, 1.54) is 0 Å². The van der Waals surface area contributed by atoms with E-state index in [0.717, 1.165) is 23.0 Å². The van der Waals surface area contributed by atoms with E-state index in [2.05, 4.69) is 23.8 Å². The summed E-state index contributed by atoms with van der Waals surface area (Å²) in [5, 5.41) is 0.514. The first kappa shape index (κ1) is 13.9. The number of aromatic nitrogens is 2. The lowest BCUT2D eigenvalue weighted by atomic mass is 10.2. The summed E-state index contributed by atoms with van der Waals surface area (Å²) in [7, 11) is 1.97. The van der Waals surface area contributed by atoms with E-state index < -0.39 is 0 Å². The molecule has 2 rings (SSSR count). The van der Waals surface area contributed by atoms with Gasteiger partial charge < -0.3 is 9.32 Å². The quantitative estimate of drug-likeness (QED) is 0.799. The van der Waals surface area contributed by atoms with Crippen LogP contribution in [0.15, 0.2) is 22.8 Å². The standard InChI is InChI=1S/C14H18ClN3O/c1-9(2)13-16-12(15)10(3)14(17-13)18(4)8-11-6-5-7-19-11/h5-7,9H,8H2,1-4H3. The molecule has 2 aromatic rings. The molecule has 0 saturated heterocycles. The molecule has 0 aliphatic carbocycles. The minimum absolute atomic E-state index is 0.244. The number of rotatable bonds is 4. The van der Waals surface area contributed by atoms with E-state index in [1.54, 1.807) is 6.26 Å². The molecular weight excluding hydrogens is 262 g/mol. The third-order valence-corrected chi connectivity index (χ3v) is 3.30. The highest BCUT2D eigenvalue weighted by molar-refractivity contribution is 6.30. The molecule has 0 N–H and O–H groups in total. The maximum absolute atomic E-state index is 6.19. The molecule has 0 fully saturated rings. The number of halogens is 1. The van der Waals surface area contributed by atoms with Gasteiger partial charge in [-0.05, 0) is 19.1 Å². The number of nitrogens with zero attached hydrogens (tertiary/aromatic N) is 3. The molecule has 0 aliphatic rings. The van der Waals surface area contributed by atoms with E-state index in [0.29, 0.717) is 11.7 Å². The van der Waals surface area contributed by atoms with Crippen LogP contribution in [0.4, 0.5) is 5.82 Å². The molecule has 102 valence electrons. The summed E-state index contributed by atoms with van der Waals surface area (Å²) >= 11 is 6.19. The van der Waals surface area contributed by atoms with Crippen LogP contribution in [0.1, 0.15) is 36.9 Å². The van der Waals surface area contributed by atoms with Crippen molar-refractivity contribution in [2.75, 3.05) is 11.9 Å². The van der Waals surface area contributed by atoms with Crippen LogP contribution in [-0.2, 0) is 6.54 Å². The predicted molar refractivity (Wildman–Crippen MR) is 76.7 cm³/mol. The summed E-state index contributed by atoms with van der Waals surface area (Å²) in [6.45, 7) is 6.69. The number of hydrogen-bond acceptors (Lipinski definition) is 4. The van der Waals surface area contributed by atoms with Gasteiger partial charge in [-0.3, -0.25) is 0 Å². The van der Waals surface area contributed by atoms with E-state index in [9.17, 15) is 0 Å². The summed E-state index contributed by atoms with van der Waals surface area (Å²) < 4.78 is 5.36. The lowest BCUT2D eigenvalue weighted by molar-refractivity contribution is 0.506. The number of anilines is 1. The molecule has 0 bridgehead atoms. The Balaban J connectivity index is 2.32. The molecule has 0 spiro atoms. The van der Waals surface area contributed by atoms with Crippen LogP contribution in [0.2, 0.25) is 5.15 Å². The number of hydrogen-bond donors (Lipinski definition) is 0. The Kier molecular flexibility index (Phi) is 4.10.